The van der Waals surface area contributed by atoms with E-state index >= 15 is 0 Å². The van der Waals surface area contributed by atoms with Gasteiger partial charge in [0, 0.05) is 0 Å². The van der Waals surface area contributed by atoms with Crippen LogP contribution in [0.1, 0.15) is 92.4 Å². The van der Waals surface area contributed by atoms with Crippen LogP contribution in [0.4, 0.5) is 0 Å². The third-order valence-electron chi connectivity index (χ3n) is 5.58. The average molecular weight is 369 g/mol. The molecule has 0 fully saturated rings. The summed E-state index contributed by atoms with van der Waals surface area (Å²) in [6.07, 6.45) is 24.5. The molecule has 0 bridgehead atoms. The van der Waals surface area contributed by atoms with Gasteiger partial charge < -0.3 is 0 Å². The zero-order valence-electron chi connectivity index (χ0n) is 18.3. The van der Waals surface area contributed by atoms with Crippen molar-refractivity contribution in [2.24, 2.45) is 5.41 Å². The molecule has 0 aromatic carbocycles. The molecule has 0 N–H and O–H groups in total. The predicted molar refractivity (Wildman–Crippen MR) is 120 cm³/mol. The second kappa shape index (κ2) is 12.7. The molecule has 0 amide bonds. The fourth-order valence-electron chi connectivity index (χ4n) is 3.85. The summed E-state index contributed by atoms with van der Waals surface area (Å²) in [6, 6.07) is 0. The van der Waals surface area contributed by atoms with E-state index in [-0.39, 0.29) is 5.41 Å². The highest BCUT2D eigenvalue weighted by molar-refractivity contribution is 5.67. The number of rotatable bonds is 11. The summed E-state index contributed by atoms with van der Waals surface area (Å²) in [4.78, 5) is 10.9. The maximum atomic E-state index is 10.9. The lowest BCUT2D eigenvalue weighted by molar-refractivity contribution is -0.104. The van der Waals surface area contributed by atoms with Crippen LogP contribution in [-0.4, -0.2) is 6.29 Å². The Morgan fingerprint density at radius 1 is 1.07 bits per heavy atom. The van der Waals surface area contributed by atoms with E-state index in [4.69, 9.17) is 0 Å². The number of hydrogen-bond acceptors (Lipinski definition) is 1. The molecule has 0 aliphatic heterocycles. The molecule has 0 radical (unpaired) electrons. The first-order chi connectivity index (χ1) is 12.9. The Kier molecular flexibility index (Phi) is 11.0. The molecule has 1 aliphatic carbocycles. The standard InChI is InChI=1S/C26H40O/c1-6-7-8-9-10-15-24(19-21-27)16-11-13-22(2)17-18-25-23(3)14-12-20-26(25,4)5/h11,13,16-19,21H,6-10,12,14-15,20H2,1-5H3/b16-11+,18-17+,22-13+,24-19+. The van der Waals surface area contributed by atoms with Gasteiger partial charge in [-0.1, -0.05) is 88.0 Å². The topological polar surface area (TPSA) is 17.1 Å². The Morgan fingerprint density at radius 3 is 2.48 bits per heavy atom. The lowest BCUT2D eigenvalue weighted by atomic mass is 9.72. The molecule has 0 unspecified atom stereocenters. The van der Waals surface area contributed by atoms with Crippen LogP contribution in [0.15, 0.2) is 58.7 Å². The van der Waals surface area contributed by atoms with Gasteiger partial charge in [-0.2, -0.15) is 0 Å². The fourth-order valence-corrected chi connectivity index (χ4v) is 3.85. The maximum absolute atomic E-state index is 10.9. The SMILES string of the molecule is CCCCCCCC(/C=C/C=C(C)/C=C/C1=C(C)CCCC1(C)C)=C\C=O. The molecule has 1 nitrogen and oxygen atoms in total. The summed E-state index contributed by atoms with van der Waals surface area (Å²) in [7, 11) is 0. The third kappa shape index (κ3) is 9.22. The minimum Gasteiger partial charge on any atom is -0.299 e. The van der Waals surface area contributed by atoms with Crippen molar-refractivity contribution in [1.82, 2.24) is 0 Å². The van der Waals surface area contributed by atoms with Crippen LogP contribution >= 0.6 is 0 Å². The van der Waals surface area contributed by atoms with Gasteiger partial charge in [0.1, 0.15) is 6.29 Å². The van der Waals surface area contributed by atoms with Crippen molar-refractivity contribution in [3.63, 3.8) is 0 Å². The van der Waals surface area contributed by atoms with Crippen LogP contribution in [0, 0.1) is 5.41 Å². The minimum atomic E-state index is 0.284. The minimum absolute atomic E-state index is 0.284. The molecule has 0 aromatic heterocycles. The summed E-state index contributed by atoms with van der Waals surface area (Å²) < 4.78 is 0. The van der Waals surface area contributed by atoms with Crippen molar-refractivity contribution in [2.45, 2.75) is 92.4 Å². The number of carbonyl (C=O) groups excluding carboxylic acids is 1. The smallest absolute Gasteiger partial charge is 0.143 e. The summed E-state index contributed by atoms with van der Waals surface area (Å²) in [5.74, 6) is 0. The second-order valence-corrected chi connectivity index (χ2v) is 8.58. The van der Waals surface area contributed by atoms with E-state index in [9.17, 15) is 4.79 Å². The summed E-state index contributed by atoms with van der Waals surface area (Å²) >= 11 is 0. The van der Waals surface area contributed by atoms with Crippen molar-refractivity contribution in [3.8, 4) is 0 Å². The molecule has 150 valence electrons. The van der Waals surface area contributed by atoms with Gasteiger partial charge in [0.25, 0.3) is 0 Å². The van der Waals surface area contributed by atoms with E-state index < -0.39 is 0 Å². The van der Waals surface area contributed by atoms with Crippen LogP contribution in [-0.2, 0) is 4.79 Å². The van der Waals surface area contributed by atoms with E-state index in [0.717, 1.165) is 24.7 Å². The molecular weight excluding hydrogens is 328 g/mol. The van der Waals surface area contributed by atoms with Crippen LogP contribution in [0.2, 0.25) is 0 Å². The normalized spacial score (nSPS) is 18.7. The number of allylic oxidation sites excluding steroid dienone is 10. The lowest BCUT2D eigenvalue weighted by Crippen LogP contribution is -2.19. The number of hydrogen-bond donors (Lipinski definition) is 0. The zero-order chi connectivity index (χ0) is 20.1. The van der Waals surface area contributed by atoms with Gasteiger partial charge in [-0.15, -0.1) is 0 Å². The first-order valence-electron chi connectivity index (χ1n) is 10.8. The Bertz CT molecular complexity index is 608. The first kappa shape index (κ1) is 23.4. The molecule has 0 spiro atoms. The van der Waals surface area contributed by atoms with Gasteiger partial charge in [-0.05, 0) is 68.6 Å². The van der Waals surface area contributed by atoms with E-state index in [0.29, 0.717) is 0 Å². The van der Waals surface area contributed by atoms with Crippen molar-refractivity contribution in [2.75, 3.05) is 0 Å². The second-order valence-electron chi connectivity index (χ2n) is 8.58. The van der Waals surface area contributed by atoms with E-state index in [2.05, 4.69) is 65.0 Å². The monoisotopic (exact) mass is 368 g/mol. The molecule has 1 rings (SSSR count). The molecule has 0 saturated carbocycles. The molecular formula is C26H40O. The van der Waals surface area contributed by atoms with Gasteiger partial charge in [0.05, 0.1) is 0 Å². The maximum Gasteiger partial charge on any atom is 0.143 e. The molecule has 0 atom stereocenters. The highest BCUT2D eigenvalue weighted by Gasteiger charge is 2.26. The highest BCUT2D eigenvalue weighted by atomic mass is 16.1. The average Bonchev–Trinajstić information content (AvgIpc) is 2.60. The van der Waals surface area contributed by atoms with Gasteiger partial charge in [0.15, 0.2) is 0 Å². The Labute approximate surface area is 168 Å². The predicted octanol–water partition coefficient (Wildman–Crippen LogP) is 8.06. The lowest BCUT2D eigenvalue weighted by Gasteiger charge is -2.32. The number of aldehydes is 1. The van der Waals surface area contributed by atoms with E-state index in [1.54, 1.807) is 6.08 Å². The summed E-state index contributed by atoms with van der Waals surface area (Å²) in [5, 5.41) is 0. The summed E-state index contributed by atoms with van der Waals surface area (Å²) in [6.45, 7) is 11.4. The van der Waals surface area contributed by atoms with Crippen LogP contribution in [0.5, 0.6) is 0 Å². The molecule has 0 heterocycles. The van der Waals surface area contributed by atoms with Crippen molar-refractivity contribution in [1.29, 1.82) is 0 Å². The molecule has 1 aliphatic rings. The Hall–Kier alpha value is -1.63. The van der Waals surface area contributed by atoms with Gasteiger partial charge in [-0.3, -0.25) is 4.79 Å². The van der Waals surface area contributed by atoms with Crippen molar-refractivity contribution in [3.05, 3.63) is 58.7 Å². The van der Waals surface area contributed by atoms with Crippen molar-refractivity contribution < 1.29 is 4.79 Å². The zero-order valence-corrected chi connectivity index (χ0v) is 18.3. The van der Waals surface area contributed by atoms with Crippen LogP contribution in [0.3, 0.4) is 0 Å². The highest BCUT2D eigenvalue weighted by Crippen LogP contribution is 2.40. The third-order valence-corrected chi connectivity index (χ3v) is 5.58. The first-order valence-corrected chi connectivity index (χ1v) is 10.8. The molecule has 0 saturated heterocycles. The number of unbranched alkanes of at least 4 members (excludes halogenated alkanes) is 4. The Morgan fingerprint density at radius 2 is 1.81 bits per heavy atom. The van der Waals surface area contributed by atoms with E-state index in [1.807, 2.05) is 0 Å². The molecule has 0 aromatic rings. The van der Waals surface area contributed by atoms with E-state index in [1.165, 1.54) is 61.7 Å². The van der Waals surface area contributed by atoms with Crippen LogP contribution < -0.4 is 0 Å². The summed E-state index contributed by atoms with van der Waals surface area (Å²) in [5.41, 5.74) is 5.68. The largest absolute Gasteiger partial charge is 0.299 e. The van der Waals surface area contributed by atoms with Crippen molar-refractivity contribution >= 4 is 6.29 Å². The Balaban J connectivity index is 2.64. The fraction of sp³-hybridized carbons (Fsp3) is 0.577. The molecule has 27 heavy (non-hydrogen) atoms. The van der Waals surface area contributed by atoms with Gasteiger partial charge in [0.2, 0.25) is 0 Å². The van der Waals surface area contributed by atoms with Gasteiger partial charge in [-0.25, -0.2) is 0 Å². The van der Waals surface area contributed by atoms with Gasteiger partial charge >= 0.3 is 0 Å². The quantitative estimate of drug-likeness (QED) is 0.156. The number of carbonyl (C=O) groups is 1. The van der Waals surface area contributed by atoms with Crippen LogP contribution in [0.25, 0.3) is 0 Å². The molecule has 1 heteroatoms.